The molecule has 1 fully saturated rings. The molecule has 2 heteroatoms. The Morgan fingerprint density at radius 1 is 1.31 bits per heavy atom. The molecule has 1 saturated heterocycles. The van der Waals surface area contributed by atoms with E-state index in [0.29, 0.717) is 6.04 Å². The fourth-order valence-corrected chi connectivity index (χ4v) is 4.01. The topological polar surface area (TPSA) is 12.0 Å². The summed E-state index contributed by atoms with van der Waals surface area (Å²) in [5, 5.41) is 3.84. The van der Waals surface area contributed by atoms with Crippen LogP contribution in [-0.4, -0.2) is 17.5 Å². The first-order valence-electron chi connectivity index (χ1n) is 6.26. The van der Waals surface area contributed by atoms with Crippen molar-refractivity contribution in [2.24, 2.45) is 0 Å². The van der Waals surface area contributed by atoms with Gasteiger partial charge in [-0.1, -0.05) is 23.8 Å². The van der Waals surface area contributed by atoms with Crippen LogP contribution in [0, 0.1) is 6.92 Å². The Balaban J connectivity index is 1.77. The normalized spacial score (nSPS) is 28.3. The number of fused-ring (bicyclic) bond motifs is 1. The smallest absolute Gasteiger partial charge is 0.0328 e. The van der Waals surface area contributed by atoms with E-state index in [0.717, 1.165) is 6.04 Å². The first-order chi connectivity index (χ1) is 7.83. The average Bonchev–Trinajstić information content (AvgIpc) is 2.90. The van der Waals surface area contributed by atoms with E-state index in [4.69, 9.17) is 0 Å². The second-order valence-electron chi connectivity index (χ2n) is 5.02. The van der Waals surface area contributed by atoms with E-state index in [1.807, 2.05) is 0 Å². The van der Waals surface area contributed by atoms with Gasteiger partial charge in [0.15, 0.2) is 0 Å². The summed E-state index contributed by atoms with van der Waals surface area (Å²) in [5.41, 5.74) is 4.53. The maximum atomic E-state index is 3.84. The summed E-state index contributed by atoms with van der Waals surface area (Å²) < 4.78 is 0. The van der Waals surface area contributed by atoms with Crippen LogP contribution in [0.2, 0.25) is 0 Å². The molecule has 3 rings (SSSR count). The summed E-state index contributed by atoms with van der Waals surface area (Å²) in [6, 6.07) is 8.31. The molecule has 0 spiro atoms. The molecular weight excluding hydrogens is 214 g/mol. The lowest BCUT2D eigenvalue weighted by Crippen LogP contribution is -2.31. The molecule has 1 N–H and O–H groups in total. The first kappa shape index (κ1) is 10.7. The van der Waals surface area contributed by atoms with Gasteiger partial charge >= 0.3 is 0 Å². The number of hydrogen-bond donors (Lipinski definition) is 1. The van der Waals surface area contributed by atoms with E-state index >= 15 is 0 Å². The van der Waals surface area contributed by atoms with Crippen molar-refractivity contribution in [2.45, 2.75) is 38.3 Å². The Morgan fingerprint density at radius 3 is 3.06 bits per heavy atom. The number of aryl methyl sites for hydroxylation is 2. The Labute approximate surface area is 102 Å². The van der Waals surface area contributed by atoms with Gasteiger partial charge in [-0.25, -0.2) is 0 Å². The van der Waals surface area contributed by atoms with Gasteiger partial charge in [-0.05, 0) is 43.1 Å². The van der Waals surface area contributed by atoms with Crippen molar-refractivity contribution < 1.29 is 0 Å². The lowest BCUT2D eigenvalue weighted by Gasteiger charge is -2.19. The first-order valence-corrected chi connectivity index (χ1v) is 7.41. The average molecular weight is 233 g/mol. The van der Waals surface area contributed by atoms with Gasteiger partial charge in [0.25, 0.3) is 0 Å². The van der Waals surface area contributed by atoms with Crippen molar-refractivity contribution in [1.82, 2.24) is 5.32 Å². The van der Waals surface area contributed by atoms with Gasteiger partial charge in [0.05, 0.1) is 0 Å². The van der Waals surface area contributed by atoms with Crippen molar-refractivity contribution in [3.63, 3.8) is 0 Å². The highest BCUT2D eigenvalue weighted by molar-refractivity contribution is 7.99. The van der Waals surface area contributed by atoms with Crippen LogP contribution in [0.25, 0.3) is 0 Å². The molecule has 86 valence electrons. The van der Waals surface area contributed by atoms with Gasteiger partial charge in [-0.15, -0.1) is 0 Å². The number of thioether (sulfide) groups is 1. The molecule has 2 unspecified atom stereocenters. The molecule has 0 amide bonds. The van der Waals surface area contributed by atoms with Crippen molar-refractivity contribution >= 4 is 11.8 Å². The summed E-state index contributed by atoms with van der Waals surface area (Å²) >= 11 is 2.09. The SMILES string of the molecule is Cc1ccc2c(c1)C(NC1CCSC1)CC2. The zero-order valence-corrected chi connectivity index (χ0v) is 10.6. The molecular formula is C14H19NS. The van der Waals surface area contributed by atoms with Gasteiger partial charge in [-0.2, -0.15) is 11.8 Å². The van der Waals surface area contributed by atoms with Crippen LogP contribution in [0.5, 0.6) is 0 Å². The van der Waals surface area contributed by atoms with Crippen LogP contribution in [0.15, 0.2) is 18.2 Å². The molecule has 0 saturated carbocycles. The van der Waals surface area contributed by atoms with Crippen molar-refractivity contribution in [3.05, 3.63) is 34.9 Å². The summed E-state index contributed by atoms with van der Waals surface area (Å²) in [6.07, 6.45) is 3.90. The highest BCUT2D eigenvalue weighted by Gasteiger charge is 2.26. The standard InChI is InChI=1S/C14H19NS/c1-10-2-3-11-4-5-14(13(11)8-10)15-12-6-7-16-9-12/h2-3,8,12,14-15H,4-7,9H2,1H3. The monoisotopic (exact) mass is 233 g/mol. The molecule has 1 aliphatic heterocycles. The van der Waals surface area contributed by atoms with Crippen LogP contribution in [0.4, 0.5) is 0 Å². The van der Waals surface area contributed by atoms with Crippen LogP contribution in [0.1, 0.15) is 35.6 Å². The Morgan fingerprint density at radius 2 is 2.25 bits per heavy atom. The summed E-state index contributed by atoms with van der Waals surface area (Å²) in [5.74, 6) is 2.64. The molecule has 1 aromatic carbocycles. The Kier molecular flexibility index (Phi) is 2.95. The number of rotatable bonds is 2. The van der Waals surface area contributed by atoms with E-state index in [9.17, 15) is 0 Å². The summed E-state index contributed by atoms with van der Waals surface area (Å²) in [6.45, 7) is 2.20. The third-order valence-corrected chi connectivity index (χ3v) is 4.91. The number of benzene rings is 1. The number of nitrogens with one attached hydrogen (secondary N) is 1. The van der Waals surface area contributed by atoms with Gasteiger partial charge in [-0.3, -0.25) is 0 Å². The molecule has 1 nitrogen and oxygen atoms in total. The molecule has 2 aliphatic rings. The fraction of sp³-hybridized carbons (Fsp3) is 0.571. The van der Waals surface area contributed by atoms with Crippen LogP contribution in [-0.2, 0) is 6.42 Å². The minimum atomic E-state index is 0.624. The van der Waals surface area contributed by atoms with Crippen molar-refractivity contribution in [2.75, 3.05) is 11.5 Å². The third-order valence-electron chi connectivity index (χ3n) is 3.75. The lowest BCUT2D eigenvalue weighted by atomic mass is 10.0. The van der Waals surface area contributed by atoms with Gasteiger partial charge in [0, 0.05) is 17.8 Å². The predicted molar refractivity (Wildman–Crippen MR) is 71.1 cm³/mol. The van der Waals surface area contributed by atoms with Crippen LogP contribution < -0.4 is 5.32 Å². The molecule has 0 bridgehead atoms. The van der Waals surface area contributed by atoms with E-state index in [2.05, 4.69) is 42.2 Å². The van der Waals surface area contributed by atoms with Crippen LogP contribution in [0.3, 0.4) is 0 Å². The molecule has 1 heterocycles. The van der Waals surface area contributed by atoms with E-state index in [-0.39, 0.29) is 0 Å². The molecule has 0 radical (unpaired) electrons. The highest BCUT2D eigenvalue weighted by Crippen LogP contribution is 2.33. The third kappa shape index (κ3) is 2.01. The Bertz CT molecular complexity index is 382. The van der Waals surface area contributed by atoms with Gasteiger partial charge < -0.3 is 5.32 Å². The summed E-state index contributed by atoms with van der Waals surface area (Å²) in [4.78, 5) is 0. The number of hydrogen-bond acceptors (Lipinski definition) is 2. The molecule has 0 aromatic heterocycles. The quantitative estimate of drug-likeness (QED) is 0.842. The lowest BCUT2D eigenvalue weighted by molar-refractivity contribution is 0.459. The Hall–Kier alpha value is -0.470. The second-order valence-corrected chi connectivity index (χ2v) is 6.17. The largest absolute Gasteiger partial charge is 0.306 e. The van der Waals surface area contributed by atoms with E-state index < -0.39 is 0 Å². The zero-order chi connectivity index (χ0) is 11.0. The highest BCUT2D eigenvalue weighted by atomic mass is 32.2. The van der Waals surface area contributed by atoms with E-state index in [1.165, 1.54) is 36.3 Å². The second kappa shape index (κ2) is 4.42. The molecule has 2 atom stereocenters. The molecule has 1 aliphatic carbocycles. The van der Waals surface area contributed by atoms with Gasteiger partial charge in [0.2, 0.25) is 0 Å². The predicted octanol–water partition coefficient (Wildman–Crippen LogP) is 3.08. The maximum Gasteiger partial charge on any atom is 0.0328 e. The van der Waals surface area contributed by atoms with Gasteiger partial charge in [0.1, 0.15) is 0 Å². The van der Waals surface area contributed by atoms with Crippen molar-refractivity contribution in [3.8, 4) is 0 Å². The van der Waals surface area contributed by atoms with Crippen LogP contribution >= 0.6 is 11.8 Å². The van der Waals surface area contributed by atoms with E-state index in [1.54, 1.807) is 11.1 Å². The minimum Gasteiger partial charge on any atom is -0.306 e. The van der Waals surface area contributed by atoms with Crippen molar-refractivity contribution in [1.29, 1.82) is 0 Å². The fourth-order valence-electron chi connectivity index (χ4n) is 2.85. The zero-order valence-electron chi connectivity index (χ0n) is 9.83. The molecule has 1 aromatic rings. The maximum absolute atomic E-state index is 3.84. The molecule has 16 heavy (non-hydrogen) atoms. The summed E-state index contributed by atoms with van der Waals surface area (Å²) in [7, 11) is 0. The minimum absolute atomic E-state index is 0.624.